The number of hydrogen-bond donors (Lipinski definition) is 1. The lowest BCUT2D eigenvalue weighted by atomic mass is 10.0. The number of fused-ring (bicyclic) bond motifs is 2. The third kappa shape index (κ3) is 5.33. The Hall–Kier alpha value is -4.12. The summed E-state index contributed by atoms with van der Waals surface area (Å²) in [6.45, 7) is 0.166. The molecule has 0 spiro atoms. The number of halogens is 6. The predicted octanol–water partition coefficient (Wildman–Crippen LogP) is 8.03. The van der Waals surface area contributed by atoms with Crippen LogP contribution in [-0.2, 0) is 12.7 Å². The van der Waals surface area contributed by atoms with Crippen LogP contribution in [0.4, 0.5) is 19.0 Å². The van der Waals surface area contributed by atoms with Crippen molar-refractivity contribution in [2.75, 3.05) is 5.32 Å². The van der Waals surface area contributed by atoms with Crippen molar-refractivity contribution in [2.24, 2.45) is 0 Å². The summed E-state index contributed by atoms with van der Waals surface area (Å²) < 4.78 is 44.3. The van der Waals surface area contributed by atoms with Crippen LogP contribution in [0.2, 0.25) is 15.1 Å². The molecule has 1 amide bonds. The fraction of sp³-hybridized carbons (Fsp3) is 0.0714. The molecular weight excluding hydrogens is 600 g/mol. The zero-order chi connectivity index (χ0) is 28.9. The second-order valence-electron chi connectivity index (χ2n) is 9.06. The molecule has 0 aliphatic heterocycles. The monoisotopic (exact) mass is 614 g/mol. The van der Waals surface area contributed by atoms with Crippen LogP contribution in [-0.4, -0.2) is 30.3 Å². The van der Waals surface area contributed by atoms with Gasteiger partial charge in [0.2, 0.25) is 0 Å². The summed E-state index contributed by atoms with van der Waals surface area (Å²) in [5.41, 5.74) is -0.372. The lowest BCUT2D eigenvalue weighted by Crippen LogP contribution is -2.16. The molecule has 0 radical (unpaired) electrons. The molecule has 3 aromatic carbocycles. The summed E-state index contributed by atoms with van der Waals surface area (Å²) in [6, 6.07) is 19.9. The van der Waals surface area contributed by atoms with Gasteiger partial charge in [0.25, 0.3) is 5.91 Å². The van der Waals surface area contributed by atoms with E-state index in [1.54, 1.807) is 30.3 Å². The maximum atomic E-state index is 14.1. The molecule has 3 heterocycles. The standard InChI is InChI=1S/C28H16Cl3F3N6O/c29-19-6-3-7-20(30)18(19)13-39-14-21(31)26(38-39)36-27(41)23-12-25-35-22(11-24(28(32,33)34)40(25)37-23)17-9-8-15-4-1-2-5-16(15)10-17/h1-12,14H,13H2,(H,36,38,41). The van der Waals surface area contributed by atoms with E-state index < -0.39 is 17.8 Å². The van der Waals surface area contributed by atoms with Gasteiger partial charge in [0.05, 0.1) is 12.2 Å². The lowest BCUT2D eigenvalue weighted by Gasteiger charge is -2.11. The summed E-state index contributed by atoms with van der Waals surface area (Å²) in [6.07, 6.45) is -3.31. The average Bonchev–Trinajstić information content (AvgIpc) is 3.52. The first kappa shape index (κ1) is 27.1. The van der Waals surface area contributed by atoms with Gasteiger partial charge in [-0.15, -0.1) is 0 Å². The van der Waals surface area contributed by atoms with E-state index in [0.717, 1.165) is 16.8 Å². The summed E-state index contributed by atoms with van der Waals surface area (Å²) in [4.78, 5) is 17.4. The summed E-state index contributed by atoms with van der Waals surface area (Å²) in [7, 11) is 0. The van der Waals surface area contributed by atoms with E-state index in [-0.39, 0.29) is 34.4 Å². The highest BCUT2D eigenvalue weighted by atomic mass is 35.5. The largest absolute Gasteiger partial charge is 0.433 e. The maximum Gasteiger partial charge on any atom is 0.433 e. The summed E-state index contributed by atoms with van der Waals surface area (Å²) in [5.74, 6) is -0.837. The second kappa shape index (κ2) is 10.4. The molecule has 3 aromatic heterocycles. The number of amides is 1. The van der Waals surface area contributed by atoms with Gasteiger partial charge in [0.15, 0.2) is 22.9 Å². The van der Waals surface area contributed by atoms with Gasteiger partial charge in [-0.1, -0.05) is 77.3 Å². The molecule has 41 heavy (non-hydrogen) atoms. The van der Waals surface area contributed by atoms with Crippen LogP contribution >= 0.6 is 34.8 Å². The fourth-order valence-corrected chi connectivity index (χ4v) is 5.08. The summed E-state index contributed by atoms with van der Waals surface area (Å²) in [5, 5.41) is 13.4. The first-order valence-electron chi connectivity index (χ1n) is 12.0. The Balaban J connectivity index is 1.33. The van der Waals surface area contributed by atoms with E-state index in [4.69, 9.17) is 34.8 Å². The van der Waals surface area contributed by atoms with Crippen molar-refractivity contribution >= 4 is 62.9 Å². The van der Waals surface area contributed by atoms with Gasteiger partial charge < -0.3 is 5.32 Å². The zero-order valence-electron chi connectivity index (χ0n) is 20.6. The van der Waals surface area contributed by atoms with E-state index in [9.17, 15) is 18.0 Å². The summed E-state index contributed by atoms with van der Waals surface area (Å²) >= 11 is 18.7. The van der Waals surface area contributed by atoms with Crippen LogP contribution in [0.3, 0.4) is 0 Å². The Labute approximate surface area is 245 Å². The molecule has 0 saturated carbocycles. The minimum Gasteiger partial charge on any atom is -0.302 e. The molecule has 206 valence electrons. The number of anilines is 1. The number of carbonyl (C=O) groups is 1. The molecule has 0 aliphatic rings. The fourth-order valence-electron chi connectivity index (χ4n) is 4.36. The highest BCUT2D eigenvalue weighted by molar-refractivity contribution is 6.36. The molecule has 7 nitrogen and oxygen atoms in total. The number of benzene rings is 3. The van der Waals surface area contributed by atoms with Crippen molar-refractivity contribution in [1.82, 2.24) is 24.4 Å². The zero-order valence-corrected chi connectivity index (χ0v) is 22.9. The molecule has 6 aromatic rings. The number of nitrogens with one attached hydrogen (secondary N) is 1. The normalized spacial score (nSPS) is 11.9. The van der Waals surface area contributed by atoms with Crippen molar-refractivity contribution < 1.29 is 18.0 Å². The van der Waals surface area contributed by atoms with Crippen molar-refractivity contribution in [2.45, 2.75) is 12.7 Å². The van der Waals surface area contributed by atoms with Gasteiger partial charge in [-0.2, -0.15) is 23.4 Å². The van der Waals surface area contributed by atoms with Crippen LogP contribution < -0.4 is 5.32 Å². The first-order chi connectivity index (χ1) is 19.6. The molecule has 0 saturated heterocycles. The number of alkyl halides is 3. The Morgan fingerprint density at radius 2 is 1.59 bits per heavy atom. The van der Waals surface area contributed by atoms with Gasteiger partial charge in [0.1, 0.15) is 5.02 Å². The molecule has 0 bridgehead atoms. The molecular formula is C28H16Cl3F3N6O. The van der Waals surface area contributed by atoms with E-state index in [1.165, 1.54) is 16.9 Å². The highest BCUT2D eigenvalue weighted by Crippen LogP contribution is 2.33. The quantitative estimate of drug-likeness (QED) is 0.213. The van der Waals surface area contributed by atoms with Crippen LogP contribution in [0.25, 0.3) is 27.7 Å². The van der Waals surface area contributed by atoms with Crippen LogP contribution in [0, 0.1) is 0 Å². The lowest BCUT2D eigenvalue weighted by molar-refractivity contribution is -0.142. The van der Waals surface area contributed by atoms with Crippen LogP contribution in [0.5, 0.6) is 0 Å². The number of carbonyl (C=O) groups excluding carboxylic acids is 1. The van der Waals surface area contributed by atoms with Crippen molar-refractivity contribution in [1.29, 1.82) is 0 Å². The number of aromatic nitrogens is 5. The molecule has 0 atom stereocenters. The molecule has 0 fully saturated rings. The van der Waals surface area contributed by atoms with E-state index >= 15 is 0 Å². The minimum absolute atomic E-state index is 0.0160. The molecule has 13 heteroatoms. The van der Waals surface area contributed by atoms with Gasteiger partial charge in [-0.25, -0.2) is 9.50 Å². The Kier molecular flexibility index (Phi) is 6.85. The SMILES string of the molecule is O=C(Nc1nn(Cc2c(Cl)cccc2Cl)cc1Cl)c1cc2nc(-c3ccc4ccccc4c3)cc(C(F)(F)F)n2n1. The van der Waals surface area contributed by atoms with Crippen molar-refractivity contribution in [3.05, 3.63) is 111 Å². The van der Waals surface area contributed by atoms with Gasteiger partial charge in [0, 0.05) is 33.4 Å². The van der Waals surface area contributed by atoms with Gasteiger partial charge in [-0.05, 0) is 35.0 Å². The highest BCUT2D eigenvalue weighted by Gasteiger charge is 2.36. The number of nitrogens with zero attached hydrogens (tertiary/aromatic N) is 5. The third-order valence-electron chi connectivity index (χ3n) is 6.33. The van der Waals surface area contributed by atoms with Gasteiger partial charge >= 0.3 is 6.18 Å². The van der Waals surface area contributed by atoms with E-state index in [0.29, 0.717) is 25.7 Å². The van der Waals surface area contributed by atoms with Crippen molar-refractivity contribution in [3.63, 3.8) is 0 Å². The molecule has 0 aliphatic carbocycles. The van der Waals surface area contributed by atoms with Gasteiger partial charge in [-0.3, -0.25) is 9.48 Å². The Morgan fingerprint density at radius 1 is 0.854 bits per heavy atom. The smallest absolute Gasteiger partial charge is 0.302 e. The molecule has 1 N–H and O–H groups in total. The van der Waals surface area contributed by atoms with Crippen LogP contribution in [0.1, 0.15) is 21.7 Å². The average molecular weight is 616 g/mol. The van der Waals surface area contributed by atoms with E-state index in [1.807, 2.05) is 30.3 Å². The number of rotatable bonds is 5. The molecule has 0 unspecified atom stereocenters. The Bertz CT molecular complexity index is 1950. The predicted molar refractivity (Wildman–Crippen MR) is 152 cm³/mol. The topological polar surface area (TPSA) is 77.1 Å². The minimum atomic E-state index is -4.77. The number of hydrogen-bond acceptors (Lipinski definition) is 4. The maximum absolute atomic E-state index is 14.1. The third-order valence-corrected chi connectivity index (χ3v) is 7.31. The first-order valence-corrected chi connectivity index (χ1v) is 13.1. The van der Waals surface area contributed by atoms with E-state index in [2.05, 4.69) is 20.5 Å². The second-order valence-corrected chi connectivity index (χ2v) is 10.3. The Morgan fingerprint density at radius 3 is 2.32 bits per heavy atom. The van der Waals surface area contributed by atoms with Crippen molar-refractivity contribution in [3.8, 4) is 11.3 Å². The van der Waals surface area contributed by atoms with Crippen LogP contribution in [0.15, 0.2) is 79.0 Å². The molecule has 6 rings (SSSR count).